The van der Waals surface area contributed by atoms with Crippen LogP contribution in [-0.2, 0) is 23.0 Å². The van der Waals surface area contributed by atoms with Gasteiger partial charge in [0.25, 0.3) is 10.1 Å². The Labute approximate surface area is 235 Å². The van der Waals surface area contributed by atoms with Gasteiger partial charge in [0.05, 0.1) is 0 Å². The van der Waals surface area contributed by atoms with Crippen LogP contribution in [0, 0.1) is 0 Å². The number of unbranched alkanes of at least 4 members (excludes halogenated alkanes) is 18. The average molecular weight is 545 g/mol. The van der Waals surface area contributed by atoms with E-state index in [9.17, 15) is 13.0 Å². The monoisotopic (exact) mass is 544 g/mol. The number of hydrogen-bond donors (Lipinski definition) is 1. The van der Waals surface area contributed by atoms with Gasteiger partial charge in [0.2, 0.25) is 0 Å². The molecule has 0 saturated heterocycles. The molecule has 1 N–H and O–H groups in total. The summed E-state index contributed by atoms with van der Waals surface area (Å²) >= 11 is 0. The molecule has 0 radical (unpaired) electrons. The van der Waals surface area contributed by atoms with Gasteiger partial charge in [-0.3, -0.25) is 4.55 Å². The van der Waals surface area contributed by atoms with Gasteiger partial charge in [-0.15, -0.1) is 0 Å². The summed E-state index contributed by atoms with van der Waals surface area (Å²) in [6, 6.07) is 9.97. The van der Waals surface area contributed by atoms with Crippen LogP contribution in [-0.4, -0.2) is 13.0 Å². The van der Waals surface area contributed by atoms with Crippen LogP contribution in [0.25, 0.3) is 10.8 Å². The van der Waals surface area contributed by atoms with Crippen LogP contribution >= 0.6 is 0 Å². The molecule has 0 fully saturated rings. The number of hydrogen-bond acceptors (Lipinski definition) is 2. The second-order valence-corrected chi connectivity index (χ2v) is 12.9. The molecule has 0 saturated carbocycles. The van der Waals surface area contributed by atoms with E-state index in [2.05, 4.69) is 26.0 Å². The highest BCUT2D eigenvalue weighted by molar-refractivity contribution is 7.86. The van der Waals surface area contributed by atoms with E-state index in [0.29, 0.717) is 5.39 Å². The van der Waals surface area contributed by atoms with E-state index >= 15 is 0 Å². The first-order valence-electron chi connectivity index (χ1n) is 16.0. The standard InChI is InChI=1S/C34H56O3S/c1-3-5-7-9-11-13-15-17-19-21-23-30-25-26-32-27-31(29-34(33(32)28-30)38(35,36)37)24-22-20-18-16-14-12-10-8-6-4-2/h25-29H,3-24H2,1-2H3,(H,35,36,37). The lowest BCUT2D eigenvalue weighted by atomic mass is 9.98. The first-order chi connectivity index (χ1) is 18.5. The molecule has 0 bridgehead atoms. The molecule has 2 rings (SSSR count). The van der Waals surface area contributed by atoms with Crippen LogP contribution in [0.5, 0.6) is 0 Å². The third-order valence-corrected chi connectivity index (χ3v) is 8.85. The van der Waals surface area contributed by atoms with E-state index in [-0.39, 0.29) is 4.90 Å². The third kappa shape index (κ3) is 13.6. The fraction of sp³-hybridized carbons (Fsp3) is 0.706. The molecule has 216 valence electrons. The van der Waals surface area contributed by atoms with Gasteiger partial charge in [-0.2, -0.15) is 8.42 Å². The molecule has 2 aromatic rings. The Kier molecular flexibility index (Phi) is 17.0. The minimum Gasteiger partial charge on any atom is -0.282 e. The lowest BCUT2D eigenvalue weighted by molar-refractivity contribution is 0.484. The van der Waals surface area contributed by atoms with Gasteiger partial charge >= 0.3 is 0 Å². The molecule has 0 aliphatic heterocycles. The second kappa shape index (κ2) is 19.6. The summed E-state index contributed by atoms with van der Waals surface area (Å²) in [5.41, 5.74) is 2.16. The maximum Gasteiger partial charge on any atom is 0.295 e. The van der Waals surface area contributed by atoms with Gasteiger partial charge in [0.15, 0.2) is 0 Å². The topological polar surface area (TPSA) is 54.4 Å². The number of fused-ring (bicyclic) bond motifs is 1. The Balaban J connectivity index is 1.80. The van der Waals surface area contributed by atoms with E-state index in [1.54, 1.807) is 6.07 Å². The highest BCUT2D eigenvalue weighted by Gasteiger charge is 2.16. The third-order valence-electron chi connectivity index (χ3n) is 7.96. The van der Waals surface area contributed by atoms with Crippen molar-refractivity contribution in [3.63, 3.8) is 0 Å². The molecule has 0 unspecified atom stereocenters. The molecule has 0 aliphatic carbocycles. The summed E-state index contributed by atoms with van der Waals surface area (Å²) in [7, 11) is -4.27. The fourth-order valence-corrected chi connectivity index (χ4v) is 6.33. The molecular weight excluding hydrogens is 488 g/mol. The van der Waals surface area contributed by atoms with Crippen LogP contribution in [0.15, 0.2) is 35.2 Å². The molecule has 0 heterocycles. The van der Waals surface area contributed by atoms with Gasteiger partial charge in [-0.25, -0.2) is 0 Å². The predicted molar refractivity (Wildman–Crippen MR) is 165 cm³/mol. The molecule has 0 aliphatic rings. The smallest absolute Gasteiger partial charge is 0.282 e. The molecule has 0 aromatic heterocycles. The Morgan fingerprint density at radius 2 is 0.947 bits per heavy atom. The Morgan fingerprint density at radius 3 is 1.39 bits per heavy atom. The lowest BCUT2D eigenvalue weighted by Gasteiger charge is -2.11. The Morgan fingerprint density at radius 1 is 0.526 bits per heavy atom. The van der Waals surface area contributed by atoms with Gasteiger partial charge in [-0.05, 0) is 54.3 Å². The summed E-state index contributed by atoms with van der Waals surface area (Å²) in [6.45, 7) is 4.52. The van der Waals surface area contributed by atoms with Crippen LogP contribution in [0.4, 0.5) is 0 Å². The van der Waals surface area contributed by atoms with Crippen molar-refractivity contribution in [2.75, 3.05) is 0 Å². The normalized spacial score (nSPS) is 12.0. The summed E-state index contributed by atoms with van der Waals surface area (Å²) in [5.74, 6) is 0. The van der Waals surface area contributed by atoms with Crippen molar-refractivity contribution in [3.8, 4) is 0 Å². The van der Waals surface area contributed by atoms with Crippen LogP contribution in [0.3, 0.4) is 0 Å². The summed E-state index contributed by atoms with van der Waals surface area (Å²) in [6.07, 6.45) is 27.7. The minimum atomic E-state index is -4.27. The first kappa shape index (κ1) is 32.8. The average Bonchev–Trinajstić information content (AvgIpc) is 2.90. The highest BCUT2D eigenvalue weighted by atomic mass is 32.2. The zero-order valence-corrected chi connectivity index (χ0v) is 25.4. The molecule has 0 spiro atoms. The SMILES string of the molecule is CCCCCCCCCCCCc1cc(S(=O)(=O)O)c2cc(CCCCCCCCCCCC)ccc2c1. The van der Waals surface area contributed by atoms with Crippen molar-refractivity contribution in [3.05, 3.63) is 41.5 Å². The highest BCUT2D eigenvalue weighted by Crippen LogP contribution is 2.28. The predicted octanol–water partition coefficient (Wildman–Crippen LogP) is 11.0. The van der Waals surface area contributed by atoms with E-state index in [4.69, 9.17) is 0 Å². The first-order valence-corrected chi connectivity index (χ1v) is 17.4. The molecular formula is C34H56O3S. The maximum absolute atomic E-state index is 12.3. The molecule has 2 aromatic carbocycles. The van der Waals surface area contributed by atoms with Crippen molar-refractivity contribution in [2.45, 2.75) is 160 Å². The summed E-state index contributed by atoms with van der Waals surface area (Å²) in [4.78, 5) is 0.0713. The van der Waals surface area contributed by atoms with E-state index in [1.165, 1.54) is 116 Å². The number of benzene rings is 2. The van der Waals surface area contributed by atoms with Gasteiger partial charge in [0, 0.05) is 5.39 Å². The van der Waals surface area contributed by atoms with Crippen molar-refractivity contribution >= 4 is 20.9 Å². The minimum absolute atomic E-state index is 0.0713. The zero-order valence-electron chi connectivity index (χ0n) is 24.6. The van der Waals surface area contributed by atoms with Crippen LogP contribution < -0.4 is 0 Å². The summed E-state index contributed by atoms with van der Waals surface area (Å²) < 4.78 is 34.5. The van der Waals surface area contributed by atoms with Crippen molar-refractivity contribution in [2.24, 2.45) is 0 Å². The molecule has 0 atom stereocenters. The molecule has 3 nitrogen and oxygen atoms in total. The molecule has 0 amide bonds. The Bertz CT molecular complexity index is 996. The number of rotatable bonds is 23. The van der Waals surface area contributed by atoms with E-state index < -0.39 is 10.1 Å². The zero-order chi connectivity index (χ0) is 27.5. The number of aryl methyl sites for hydroxylation is 2. The van der Waals surface area contributed by atoms with Crippen molar-refractivity contribution in [1.29, 1.82) is 0 Å². The van der Waals surface area contributed by atoms with E-state index in [1.807, 2.05) is 12.1 Å². The maximum atomic E-state index is 12.3. The second-order valence-electron chi connectivity index (χ2n) is 11.5. The lowest BCUT2D eigenvalue weighted by Crippen LogP contribution is -2.02. The molecule has 4 heteroatoms. The van der Waals surface area contributed by atoms with Crippen LogP contribution in [0.2, 0.25) is 0 Å². The van der Waals surface area contributed by atoms with Crippen molar-refractivity contribution < 1.29 is 13.0 Å². The fourth-order valence-electron chi connectivity index (χ4n) is 5.58. The van der Waals surface area contributed by atoms with Gasteiger partial charge < -0.3 is 0 Å². The van der Waals surface area contributed by atoms with Gasteiger partial charge in [-0.1, -0.05) is 148 Å². The van der Waals surface area contributed by atoms with Gasteiger partial charge in [0.1, 0.15) is 4.90 Å². The Hall–Kier alpha value is -1.39. The largest absolute Gasteiger partial charge is 0.295 e. The van der Waals surface area contributed by atoms with E-state index in [0.717, 1.165) is 42.2 Å². The summed E-state index contributed by atoms with van der Waals surface area (Å²) in [5, 5.41) is 1.57. The van der Waals surface area contributed by atoms with Crippen LogP contribution in [0.1, 0.15) is 153 Å². The molecule has 38 heavy (non-hydrogen) atoms. The quantitative estimate of drug-likeness (QED) is 0.112. The van der Waals surface area contributed by atoms with Crippen molar-refractivity contribution in [1.82, 2.24) is 0 Å².